The fourth-order valence-corrected chi connectivity index (χ4v) is 7.01. The Kier molecular flexibility index (Phi) is 5.25. The molecule has 42 heavy (non-hydrogen) atoms. The van der Waals surface area contributed by atoms with Crippen molar-refractivity contribution in [2.24, 2.45) is 0 Å². The Balaban J connectivity index is 1.45. The predicted octanol–water partition coefficient (Wildman–Crippen LogP) is 11.4. The summed E-state index contributed by atoms with van der Waals surface area (Å²) >= 11 is 0. The first-order valence-corrected chi connectivity index (χ1v) is 14.8. The van der Waals surface area contributed by atoms with Crippen LogP contribution in [-0.4, -0.2) is 0 Å². The smallest absolute Gasteiger partial charge is 0.137 e. The summed E-state index contributed by atoms with van der Waals surface area (Å²) in [5, 5.41) is 4.82. The van der Waals surface area contributed by atoms with Crippen molar-refractivity contribution in [3.8, 4) is 11.1 Å². The molecule has 0 aliphatic heterocycles. The van der Waals surface area contributed by atoms with Crippen LogP contribution >= 0.6 is 0 Å². The molecule has 204 valence electrons. The Bertz CT molecular complexity index is 2210. The van der Waals surface area contributed by atoms with Gasteiger partial charge in [0.15, 0.2) is 0 Å². The van der Waals surface area contributed by atoms with Crippen LogP contribution in [0.1, 0.15) is 41.7 Å². The number of hydrogen-bond donors (Lipinski definition) is 0. The fraction of sp³-hybridized carbons (Fsp3) is 0.150. The van der Waals surface area contributed by atoms with Gasteiger partial charge in [-0.15, -0.1) is 0 Å². The van der Waals surface area contributed by atoms with Gasteiger partial charge in [0.2, 0.25) is 0 Å². The second-order valence-corrected chi connectivity index (χ2v) is 12.4. The van der Waals surface area contributed by atoms with E-state index in [0.717, 1.165) is 33.3 Å². The number of para-hydroxylation sites is 1. The van der Waals surface area contributed by atoms with E-state index in [9.17, 15) is 0 Å². The van der Waals surface area contributed by atoms with Crippen LogP contribution < -0.4 is 4.90 Å². The summed E-state index contributed by atoms with van der Waals surface area (Å²) < 4.78 is 6.38. The monoisotopic (exact) mass is 543 g/mol. The second kappa shape index (κ2) is 8.84. The maximum absolute atomic E-state index is 6.38. The number of rotatable bonds is 3. The van der Waals surface area contributed by atoms with Gasteiger partial charge in [0.05, 0.1) is 5.69 Å². The highest BCUT2D eigenvalue weighted by atomic mass is 16.3. The standard InChI is InChI=1S/C40H33NO/c1-24-14-18-33-34(20-24)40(4,5)35-23-36(29-10-6-7-12-32(29)39(33)35)41(27-16-15-25(2)26(3)21-27)28-17-19-31-30-11-8-9-13-37(30)42-38(31)22-28/h6-23H,1-5H3. The molecule has 1 heterocycles. The third kappa shape index (κ3) is 3.51. The zero-order valence-corrected chi connectivity index (χ0v) is 24.7. The number of aryl methyl sites for hydroxylation is 3. The topological polar surface area (TPSA) is 16.4 Å². The van der Waals surface area contributed by atoms with Crippen molar-refractivity contribution in [3.63, 3.8) is 0 Å². The summed E-state index contributed by atoms with van der Waals surface area (Å²) in [6.45, 7) is 11.3. The highest BCUT2D eigenvalue weighted by Gasteiger charge is 2.38. The van der Waals surface area contributed by atoms with Crippen LogP contribution in [0.15, 0.2) is 114 Å². The molecule has 0 N–H and O–H groups in total. The van der Waals surface area contributed by atoms with Crippen LogP contribution in [0.25, 0.3) is 43.8 Å². The van der Waals surface area contributed by atoms with Gasteiger partial charge in [0, 0.05) is 39.0 Å². The number of nitrogens with zero attached hydrogens (tertiary/aromatic N) is 1. The van der Waals surface area contributed by atoms with E-state index in [4.69, 9.17) is 4.42 Å². The van der Waals surface area contributed by atoms with Gasteiger partial charge >= 0.3 is 0 Å². The maximum atomic E-state index is 6.38. The van der Waals surface area contributed by atoms with Crippen LogP contribution in [0.3, 0.4) is 0 Å². The Morgan fingerprint density at radius 1 is 0.548 bits per heavy atom. The van der Waals surface area contributed by atoms with Gasteiger partial charge in [-0.25, -0.2) is 0 Å². The number of hydrogen-bond acceptors (Lipinski definition) is 2. The van der Waals surface area contributed by atoms with E-state index in [1.807, 2.05) is 12.1 Å². The van der Waals surface area contributed by atoms with Gasteiger partial charge < -0.3 is 9.32 Å². The summed E-state index contributed by atoms with van der Waals surface area (Å²) in [6.07, 6.45) is 0. The quantitative estimate of drug-likeness (QED) is 0.220. The van der Waals surface area contributed by atoms with E-state index in [0.29, 0.717) is 0 Å². The first kappa shape index (κ1) is 24.9. The van der Waals surface area contributed by atoms with E-state index in [2.05, 4.69) is 137 Å². The van der Waals surface area contributed by atoms with E-state index >= 15 is 0 Å². The Hall–Kier alpha value is -4.82. The first-order valence-electron chi connectivity index (χ1n) is 14.8. The van der Waals surface area contributed by atoms with Crippen molar-refractivity contribution >= 4 is 49.8 Å². The number of furan rings is 1. The summed E-state index contributed by atoms with van der Waals surface area (Å²) in [5.74, 6) is 0. The lowest BCUT2D eigenvalue weighted by atomic mass is 9.81. The van der Waals surface area contributed by atoms with Crippen molar-refractivity contribution < 1.29 is 4.42 Å². The van der Waals surface area contributed by atoms with Gasteiger partial charge in [-0.05, 0) is 95.9 Å². The maximum Gasteiger partial charge on any atom is 0.137 e. The minimum atomic E-state index is -0.118. The molecule has 0 amide bonds. The van der Waals surface area contributed by atoms with Crippen LogP contribution in [0.2, 0.25) is 0 Å². The molecular weight excluding hydrogens is 510 g/mol. The lowest BCUT2D eigenvalue weighted by Crippen LogP contribution is -2.17. The normalized spacial score (nSPS) is 13.5. The molecule has 0 unspecified atom stereocenters. The summed E-state index contributed by atoms with van der Waals surface area (Å²) in [7, 11) is 0. The highest BCUT2D eigenvalue weighted by Crippen LogP contribution is 2.54. The van der Waals surface area contributed by atoms with E-state index in [-0.39, 0.29) is 5.41 Å². The summed E-state index contributed by atoms with van der Waals surface area (Å²) in [6, 6.07) is 40.0. The molecule has 0 atom stereocenters. The SMILES string of the molecule is Cc1ccc2c(c1)C(C)(C)c1cc(N(c3ccc(C)c(C)c3)c3ccc4c(c3)oc3ccccc34)c3ccccc3c1-2. The Morgan fingerprint density at radius 2 is 1.24 bits per heavy atom. The van der Waals surface area contributed by atoms with Gasteiger partial charge in [0.1, 0.15) is 11.2 Å². The average Bonchev–Trinajstić information content (AvgIpc) is 3.47. The van der Waals surface area contributed by atoms with E-state index < -0.39 is 0 Å². The number of fused-ring (bicyclic) bond motifs is 8. The average molecular weight is 544 g/mol. The molecule has 0 saturated carbocycles. The van der Waals surface area contributed by atoms with Crippen molar-refractivity contribution in [3.05, 3.63) is 137 Å². The third-order valence-corrected chi connectivity index (χ3v) is 9.42. The predicted molar refractivity (Wildman–Crippen MR) is 178 cm³/mol. The molecule has 2 heteroatoms. The third-order valence-electron chi connectivity index (χ3n) is 9.42. The Morgan fingerprint density at radius 3 is 2.05 bits per heavy atom. The number of anilines is 3. The molecule has 8 rings (SSSR count). The summed E-state index contributed by atoms with van der Waals surface area (Å²) in [5.41, 5.74) is 14.5. The molecule has 2 nitrogen and oxygen atoms in total. The van der Waals surface area contributed by atoms with Crippen molar-refractivity contribution in [1.82, 2.24) is 0 Å². The molecule has 1 aliphatic rings. The molecular formula is C40H33NO. The van der Waals surface area contributed by atoms with E-state index in [1.54, 1.807) is 0 Å². The summed E-state index contributed by atoms with van der Waals surface area (Å²) in [4.78, 5) is 2.42. The molecule has 0 fully saturated rings. The molecule has 6 aromatic carbocycles. The number of benzene rings is 6. The molecule has 0 saturated heterocycles. The van der Waals surface area contributed by atoms with Gasteiger partial charge in [-0.3, -0.25) is 0 Å². The minimum Gasteiger partial charge on any atom is -0.456 e. The largest absolute Gasteiger partial charge is 0.456 e. The molecule has 0 radical (unpaired) electrons. The van der Waals surface area contributed by atoms with Gasteiger partial charge in [-0.1, -0.05) is 86.1 Å². The van der Waals surface area contributed by atoms with Crippen LogP contribution in [0.4, 0.5) is 17.1 Å². The lowest BCUT2D eigenvalue weighted by molar-refractivity contribution is 0.660. The Labute approximate surface area is 246 Å². The van der Waals surface area contributed by atoms with Crippen LogP contribution in [-0.2, 0) is 5.41 Å². The van der Waals surface area contributed by atoms with Crippen LogP contribution in [0.5, 0.6) is 0 Å². The second-order valence-electron chi connectivity index (χ2n) is 12.4. The van der Waals surface area contributed by atoms with Crippen molar-refractivity contribution in [2.75, 3.05) is 4.90 Å². The molecule has 0 bridgehead atoms. The zero-order chi connectivity index (χ0) is 28.7. The molecule has 7 aromatic rings. The van der Waals surface area contributed by atoms with Gasteiger partial charge in [0.25, 0.3) is 0 Å². The molecule has 1 aliphatic carbocycles. The van der Waals surface area contributed by atoms with E-state index in [1.165, 1.54) is 55.4 Å². The lowest BCUT2D eigenvalue weighted by Gasteiger charge is -2.30. The van der Waals surface area contributed by atoms with Crippen LogP contribution in [0, 0.1) is 20.8 Å². The molecule has 1 aromatic heterocycles. The van der Waals surface area contributed by atoms with Crippen molar-refractivity contribution in [1.29, 1.82) is 0 Å². The zero-order valence-electron chi connectivity index (χ0n) is 24.7. The molecule has 0 spiro atoms. The fourth-order valence-electron chi connectivity index (χ4n) is 7.01. The van der Waals surface area contributed by atoms with Gasteiger partial charge in [-0.2, -0.15) is 0 Å². The minimum absolute atomic E-state index is 0.118. The van der Waals surface area contributed by atoms with Crippen molar-refractivity contribution in [2.45, 2.75) is 40.0 Å². The highest BCUT2D eigenvalue weighted by molar-refractivity contribution is 6.11. The first-order chi connectivity index (χ1) is 20.3.